The van der Waals surface area contributed by atoms with Crippen molar-refractivity contribution >= 4 is 10.9 Å². The van der Waals surface area contributed by atoms with Gasteiger partial charge in [-0.2, -0.15) is 0 Å². The molecule has 0 bridgehead atoms. The maximum absolute atomic E-state index is 2.33. The molecule has 2 aromatic carbocycles. The second-order valence-electron chi connectivity index (χ2n) is 8.46. The number of hydrogen-bond donors (Lipinski definition) is 0. The van der Waals surface area contributed by atoms with E-state index in [1.165, 1.54) is 27.7 Å². The Bertz CT molecular complexity index is 842. The fraction of sp³-hybridized carbons (Fsp3) is 0.391. The average molecular weight is 319 g/mol. The van der Waals surface area contributed by atoms with Crippen LogP contribution in [0.15, 0.2) is 54.7 Å². The molecule has 0 spiro atoms. The molecule has 1 heteroatoms. The van der Waals surface area contributed by atoms with Crippen molar-refractivity contribution in [3.63, 3.8) is 0 Å². The lowest BCUT2D eigenvalue weighted by Gasteiger charge is -2.23. The van der Waals surface area contributed by atoms with Crippen LogP contribution in [0.3, 0.4) is 0 Å². The molecule has 24 heavy (non-hydrogen) atoms. The molecular formula is C23H29N. The van der Waals surface area contributed by atoms with Crippen molar-refractivity contribution in [2.45, 2.75) is 58.8 Å². The Kier molecular flexibility index (Phi) is 4.07. The largest absolute Gasteiger partial charge is 0.316 e. The minimum absolute atomic E-state index is 0.134. The summed E-state index contributed by atoms with van der Waals surface area (Å²) in [4.78, 5) is 0. The first-order chi connectivity index (χ1) is 11.2. The van der Waals surface area contributed by atoms with Crippen LogP contribution in [0.4, 0.5) is 0 Å². The molecule has 1 nitrogen and oxygen atoms in total. The molecule has 1 heterocycles. The van der Waals surface area contributed by atoms with E-state index in [2.05, 4.69) is 101 Å². The van der Waals surface area contributed by atoms with Gasteiger partial charge < -0.3 is 4.57 Å². The normalized spacial score (nSPS) is 12.8. The molecule has 0 fully saturated rings. The molecule has 3 aromatic rings. The third kappa shape index (κ3) is 2.88. The third-order valence-electron chi connectivity index (χ3n) is 5.33. The van der Waals surface area contributed by atoms with E-state index in [-0.39, 0.29) is 10.8 Å². The van der Waals surface area contributed by atoms with Gasteiger partial charge in [0.1, 0.15) is 0 Å². The maximum Gasteiger partial charge on any atom is 0.0531 e. The molecule has 0 N–H and O–H groups in total. The number of para-hydroxylation sites is 1. The van der Waals surface area contributed by atoms with Crippen LogP contribution in [0.1, 0.15) is 59.1 Å². The summed E-state index contributed by atoms with van der Waals surface area (Å²) >= 11 is 0. The molecule has 0 saturated heterocycles. The molecule has 0 atom stereocenters. The van der Waals surface area contributed by atoms with Crippen LogP contribution in [-0.4, -0.2) is 4.57 Å². The van der Waals surface area contributed by atoms with E-state index in [0.717, 1.165) is 6.42 Å². The van der Waals surface area contributed by atoms with Gasteiger partial charge in [-0.15, -0.1) is 0 Å². The Morgan fingerprint density at radius 3 is 2.04 bits per heavy atom. The summed E-state index contributed by atoms with van der Waals surface area (Å²) in [6, 6.07) is 17.8. The standard InChI is InChI=1S/C23H29N/c1-7-23(5,6)17-12-14-18(15-13-17)24-16-20(22(2,3)4)19-10-8-9-11-21(19)24/h8-16H,7H2,1-6H3. The summed E-state index contributed by atoms with van der Waals surface area (Å²) in [7, 11) is 0. The molecule has 0 amide bonds. The molecule has 3 rings (SSSR count). The summed E-state index contributed by atoms with van der Waals surface area (Å²) in [5.41, 5.74) is 5.68. The molecule has 1 aromatic heterocycles. The van der Waals surface area contributed by atoms with Gasteiger partial charge in [-0.05, 0) is 46.6 Å². The summed E-state index contributed by atoms with van der Waals surface area (Å²) in [6.07, 6.45) is 3.46. The van der Waals surface area contributed by atoms with Gasteiger partial charge >= 0.3 is 0 Å². The zero-order chi connectivity index (χ0) is 17.5. The van der Waals surface area contributed by atoms with Gasteiger partial charge in [-0.1, -0.05) is 71.9 Å². The quantitative estimate of drug-likeness (QED) is 0.511. The van der Waals surface area contributed by atoms with Crippen LogP contribution < -0.4 is 0 Å². The predicted molar refractivity (Wildman–Crippen MR) is 105 cm³/mol. The van der Waals surface area contributed by atoms with Crippen molar-refractivity contribution in [1.82, 2.24) is 4.57 Å². The molecule has 0 unspecified atom stereocenters. The number of aromatic nitrogens is 1. The van der Waals surface area contributed by atoms with Crippen molar-refractivity contribution in [3.8, 4) is 5.69 Å². The fourth-order valence-corrected chi connectivity index (χ4v) is 3.27. The Morgan fingerprint density at radius 1 is 0.833 bits per heavy atom. The number of benzene rings is 2. The lowest BCUT2D eigenvalue weighted by molar-refractivity contribution is 0.506. The van der Waals surface area contributed by atoms with Gasteiger partial charge in [0.15, 0.2) is 0 Å². The number of nitrogens with zero attached hydrogens (tertiary/aromatic N) is 1. The van der Waals surface area contributed by atoms with Gasteiger partial charge in [-0.25, -0.2) is 0 Å². The molecule has 0 radical (unpaired) electrons. The lowest BCUT2D eigenvalue weighted by Crippen LogP contribution is -2.15. The van der Waals surface area contributed by atoms with Crippen molar-refractivity contribution in [1.29, 1.82) is 0 Å². The van der Waals surface area contributed by atoms with Gasteiger partial charge in [0, 0.05) is 17.3 Å². The highest BCUT2D eigenvalue weighted by molar-refractivity contribution is 5.86. The first kappa shape index (κ1) is 16.8. The van der Waals surface area contributed by atoms with Crippen molar-refractivity contribution < 1.29 is 0 Å². The summed E-state index contributed by atoms with van der Waals surface area (Å²) < 4.78 is 2.33. The summed E-state index contributed by atoms with van der Waals surface area (Å²) in [6.45, 7) is 13.7. The van der Waals surface area contributed by atoms with E-state index in [1.54, 1.807) is 0 Å². The average Bonchev–Trinajstić information content (AvgIpc) is 2.95. The van der Waals surface area contributed by atoms with E-state index >= 15 is 0 Å². The van der Waals surface area contributed by atoms with Gasteiger partial charge in [0.2, 0.25) is 0 Å². The van der Waals surface area contributed by atoms with Crippen LogP contribution in [0, 0.1) is 0 Å². The second kappa shape index (κ2) is 5.81. The summed E-state index contributed by atoms with van der Waals surface area (Å²) in [5, 5.41) is 1.35. The molecule has 0 aliphatic rings. The molecule has 0 aliphatic carbocycles. The Balaban J connectivity index is 2.14. The zero-order valence-electron chi connectivity index (χ0n) is 15.9. The monoisotopic (exact) mass is 319 g/mol. The topological polar surface area (TPSA) is 4.93 Å². The van der Waals surface area contributed by atoms with Gasteiger partial charge in [0.05, 0.1) is 5.52 Å². The van der Waals surface area contributed by atoms with Gasteiger partial charge in [0.25, 0.3) is 0 Å². The van der Waals surface area contributed by atoms with Crippen LogP contribution in [0.5, 0.6) is 0 Å². The van der Waals surface area contributed by atoms with Crippen LogP contribution >= 0.6 is 0 Å². The minimum atomic E-state index is 0.134. The first-order valence-electron chi connectivity index (χ1n) is 8.95. The molecule has 0 saturated carbocycles. The highest BCUT2D eigenvalue weighted by atomic mass is 15.0. The van der Waals surface area contributed by atoms with Crippen LogP contribution in [-0.2, 0) is 10.8 Å². The SMILES string of the molecule is CCC(C)(C)c1ccc(-n2cc(C(C)(C)C)c3ccccc32)cc1. The van der Waals surface area contributed by atoms with E-state index in [9.17, 15) is 0 Å². The predicted octanol–water partition coefficient (Wildman–Crippen LogP) is 6.62. The van der Waals surface area contributed by atoms with E-state index in [1.807, 2.05) is 0 Å². The Labute approximate surface area is 146 Å². The second-order valence-corrected chi connectivity index (χ2v) is 8.46. The zero-order valence-corrected chi connectivity index (χ0v) is 15.9. The fourth-order valence-electron chi connectivity index (χ4n) is 3.27. The molecule has 126 valence electrons. The van der Waals surface area contributed by atoms with Crippen LogP contribution in [0.2, 0.25) is 0 Å². The van der Waals surface area contributed by atoms with E-state index < -0.39 is 0 Å². The van der Waals surface area contributed by atoms with Gasteiger partial charge in [-0.3, -0.25) is 0 Å². The Hall–Kier alpha value is -2.02. The number of hydrogen-bond acceptors (Lipinski definition) is 0. The highest BCUT2D eigenvalue weighted by Crippen LogP contribution is 2.34. The first-order valence-corrected chi connectivity index (χ1v) is 8.95. The lowest BCUT2D eigenvalue weighted by atomic mass is 9.82. The highest BCUT2D eigenvalue weighted by Gasteiger charge is 2.21. The summed E-state index contributed by atoms with van der Waals surface area (Å²) in [5.74, 6) is 0. The smallest absolute Gasteiger partial charge is 0.0531 e. The minimum Gasteiger partial charge on any atom is -0.316 e. The maximum atomic E-state index is 2.33. The molecular weight excluding hydrogens is 290 g/mol. The third-order valence-corrected chi connectivity index (χ3v) is 5.33. The van der Waals surface area contributed by atoms with E-state index in [4.69, 9.17) is 0 Å². The van der Waals surface area contributed by atoms with Crippen molar-refractivity contribution in [2.75, 3.05) is 0 Å². The van der Waals surface area contributed by atoms with Crippen molar-refractivity contribution in [3.05, 3.63) is 65.9 Å². The number of rotatable bonds is 3. The Morgan fingerprint density at radius 2 is 1.46 bits per heavy atom. The van der Waals surface area contributed by atoms with Crippen molar-refractivity contribution in [2.24, 2.45) is 0 Å². The van der Waals surface area contributed by atoms with E-state index in [0.29, 0.717) is 0 Å². The molecule has 0 aliphatic heterocycles. The van der Waals surface area contributed by atoms with Crippen LogP contribution in [0.25, 0.3) is 16.6 Å². The number of fused-ring (bicyclic) bond motifs is 1.